The number of ether oxygens (including phenoxy) is 1. The third kappa shape index (κ3) is 5.75. The van der Waals surface area contributed by atoms with E-state index in [1.165, 1.54) is 39.6 Å². The molecule has 6 heterocycles. The van der Waals surface area contributed by atoms with Gasteiger partial charge in [-0.1, -0.05) is 38.1 Å². The molecule has 3 aliphatic heterocycles. The van der Waals surface area contributed by atoms with Crippen LogP contribution in [-0.4, -0.2) is 71.5 Å². The first-order valence-electron chi connectivity index (χ1n) is 15.7. The smallest absolute Gasteiger partial charge is 0.407 e. The second kappa shape index (κ2) is 12.6. The van der Waals surface area contributed by atoms with Crippen LogP contribution in [0.15, 0.2) is 46.2 Å². The van der Waals surface area contributed by atoms with Crippen LogP contribution < -0.4 is 16.0 Å². The quantitative estimate of drug-likeness (QED) is 0.190. The van der Waals surface area contributed by atoms with Crippen LogP contribution in [0.2, 0.25) is 0 Å². The second-order valence-electron chi connectivity index (χ2n) is 12.4. The Morgan fingerprint density at radius 1 is 1.04 bits per heavy atom. The normalized spacial score (nSPS) is 22.2. The average Bonchev–Trinajstić information content (AvgIpc) is 3.87. The van der Waals surface area contributed by atoms with Gasteiger partial charge in [0.15, 0.2) is 0 Å². The summed E-state index contributed by atoms with van der Waals surface area (Å²) in [6.45, 7) is 6.20. The predicted molar refractivity (Wildman–Crippen MR) is 180 cm³/mol. The number of hydrogen-bond acceptors (Lipinski definition) is 9. The number of carbonyl (C=O) groups excluding carboxylic acids is 2. The number of methoxy groups -OCH3 is 1. The number of fused-ring (bicyclic) bond motifs is 1. The summed E-state index contributed by atoms with van der Waals surface area (Å²) in [7, 11) is 1.31. The van der Waals surface area contributed by atoms with E-state index in [1.807, 2.05) is 24.9 Å². The van der Waals surface area contributed by atoms with E-state index in [0.29, 0.717) is 19.1 Å². The zero-order valence-corrected chi connectivity index (χ0v) is 27.4. The van der Waals surface area contributed by atoms with Crippen LogP contribution >= 0.6 is 22.7 Å². The number of H-pyrrole nitrogens is 1. The van der Waals surface area contributed by atoms with Crippen molar-refractivity contribution in [2.45, 2.75) is 63.7 Å². The average molecular weight is 646 g/mol. The zero-order chi connectivity index (χ0) is 31.1. The topological polar surface area (TPSA) is 124 Å². The van der Waals surface area contributed by atoms with Crippen molar-refractivity contribution in [2.24, 2.45) is 10.9 Å². The van der Waals surface area contributed by atoms with E-state index < -0.39 is 12.1 Å². The van der Waals surface area contributed by atoms with Crippen molar-refractivity contribution in [1.82, 2.24) is 30.8 Å². The molecule has 0 aliphatic carbocycles. The number of nitrogens with zero attached hydrogens (tertiary/aromatic N) is 3. The molecule has 236 valence electrons. The summed E-state index contributed by atoms with van der Waals surface area (Å²) in [4.78, 5) is 40.4. The highest BCUT2D eigenvalue weighted by atomic mass is 32.1. The Morgan fingerprint density at radius 3 is 2.60 bits per heavy atom. The molecule has 2 amide bonds. The summed E-state index contributed by atoms with van der Waals surface area (Å²) in [6.07, 6.45) is 5.41. The van der Waals surface area contributed by atoms with Gasteiger partial charge in [-0.25, -0.2) is 9.78 Å². The van der Waals surface area contributed by atoms with E-state index in [-0.39, 0.29) is 23.9 Å². The summed E-state index contributed by atoms with van der Waals surface area (Å²) in [5.41, 5.74) is 5.89. The van der Waals surface area contributed by atoms with Crippen LogP contribution in [0.1, 0.15) is 63.0 Å². The third-order valence-electron chi connectivity index (χ3n) is 9.19. The highest BCUT2D eigenvalue weighted by Gasteiger charge is 2.40. The lowest BCUT2D eigenvalue weighted by atomic mass is 10.0. The number of likely N-dealkylation sites (tertiary alicyclic amines) is 1. The van der Waals surface area contributed by atoms with E-state index in [4.69, 9.17) is 9.73 Å². The number of thiophene rings is 2. The standard InChI is InChI=1S/C33H39N7O3S2/c1-18(2)27(39-33(42)43-3)32(41)40-13-5-7-26(40)31-36-15-25(38-31)22-17-45-28-21(16-44-29(22)28)19-8-10-20(11-9-19)24-14-35-30(37-24)23-6-4-12-34-23/h8-11,14,16-18,23,25-27,34H,4-7,12-13,15H2,1-3H3,(H,35,37)(H,36,38)(H,39,42)/t23-,25?,26-,27-/m0/s1. The fraction of sp³-hybridized carbons (Fsp3) is 0.455. The largest absolute Gasteiger partial charge is 0.453 e. The summed E-state index contributed by atoms with van der Waals surface area (Å²) in [5, 5.41) is 14.4. The molecule has 12 heteroatoms. The van der Waals surface area contributed by atoms with Crippen LogP contribution in [0, 0.1) is 5.92 Å². The van der Waals surface area contributed by atoms with Gasteiger partial charge in [0.25, 0.3) is 0 Å². The fourth-order valence-corrected chi connectivity index (χ4v) is 9.25. The molecule has 0 saturated carbocycles. The number of aromatic amines is 1. The Balaban J connectivity index is 1.04. The molecular formula is C33H39N7O3S2. The molecule has 1 unspecified atom stereocenters. The van der Waals surface area contributed by atoms with Gasteiger partial charge >= 0.3 is 6.09 Å². The summed E-state index contributed by atoms with van der Waals surface area (Å²) >= 11 is 3.56. The van der Waals surface area contributed by atoms with Crippen molar-refractivity contribution in [2.75, 3.05) is 26.7 Å². The van der Waals surface area contributed by atoms with Crippen LogP contribution in [0.25, 0.3) is 31.8 Å². The molecule has 45 heavy (non-hydrogen) atoms. The molecule has 3 aromatic heterocycles. The van der Waals surface area contributed by atoms with Crippen molar-refractivity contribution in [3.05, 3.63) is 52.6 Å². The number of amides is 2. The fourth-order valence-electron chi connectivity index (χ4n) is 6.72. The number of carbonyl (C=O) groups is 2. The first-order valence-corrected chi connectivity index (χ1v) is 17.5. The Bertz CT molecular complexity index is 1720. The molecule has 4 aromatic rings. The van der Waals surface area contributed by atoms with Gasteiger partial charge in [0.1, 0.15) is 17.7 Å². The number of alkyl carbamates (subject to hydrolysis) is 1. The molecule has 0 spiro atoms. The predicted octanol–water partition coefficient (Wildman–Crippen LogP) is 5.86. The summed E-state index contributed by atoms with van der Waals surface area (Å²) in [6, 6.07) is 8.38. The second-order valence-corrected chi connectivity index (χ2v) is 14.1. The number of aromatic nitrogens is 2. The van der Waals surface area contributed by atoms with Crippen LogP contribution in [-0.2, 0) is 9.53 Å². The monoisotopic (exact) mass is 645 g/mol. The van der Waals surface area contributed by atoms with Gasteiger partial charge in [0.2, 0.25) is 5.91 Å². The minimum atomic E-state index is -0.642. The van der Waals surface area contributed by atoms with E-state index in [2.05, 4.69) is 60.9 Å². The molecule has 0 bridgehead atoms. The lowest BCUT2D eigenvalue weighted by Gasteiger charge is -2.31. The maximum absolute atomic E-state index is 13.6. The lowest BCUT2D eigenvalue weighted by molar-refractivity contribution is -0.134. The molecule has 4 atom stereocenters. The number of hydrogen-bond donors (Lipinski definition) is 4. The molecule has 2 saturated heterocycles. The van der Waals surface area contributed by atoms with Gasteiger partial charge in [0.05, 0.1) is 53.1 Å². The van der Waals surface area contributed by atoms with E-state index in [0.717, 1.165) is 48.7 Å². The zero-order valence-electron chi connectivity index (χ0n) is 25.8. The number of benzene rings is 1. The summed E-state index contributed by atoms with van der Waals surface area (Å²) in [5.74, 6) is 1.73. The van der Waals surface area contributed by atoms with E-state index in [1.54, 1.807) is 22.7 Å². The Hall–Kier alpha value is -3.74. The molecule has 3 aliphatic rings. The molecular weight excluding hydrogens is 607 g/mol. The maximum Gasteiger partial charge on any atom is 0.407 e. The van der Waals surface area contributed by atoms with E-state index >= 15 is 0 Å². The summed E-state index contributed by atoms with van der Waals surface area (Å²) < 4.78 is 7.35. The van der Waals surface area contributed by atoms with Crippen LogP contribution in [0.3, 0.4) is 0 Å². The third-order valence-corrected chi connectivity index (χ3v) is 11.4. The highest BCUT2D eigenvalue weighted by Crippen LogP contribution is 2.43. The number of imidazole rings is 1. The maximum atomic E-state index is 13.6. The van der Waals surface area contributed by atoms with Gasteiger partial charge in [-0.3, -0.25) is 9.79 Å². The molecule has 2 fully saturated rings. The number of aliphatic imine (C=N–C) groups is 1. The molecule has 7 rings (SSSR count). The van der Waals surface area contributed by atoms with Gasteiger partial charge in [-0.15, -0.1) is 22.7 Å². The van der Waals surface area contributed by atoms with Crippen molar-refractivity contribution in [3.8, 4) is 22.4 Å². The van der Waals surface area contributed by atoms with E-state index in [9.17, 15) is 9.59 Å². The minimum absolute atomic E-state index is 0.0649. The first kappa shape index (κ1) is 29.9. The number of nitrogens with one attached hydrogen (secondary N) is 4. The van der Waals surface area contributed by atoms with Crippen molar-refractivity contribution < 1.29 is 14.3 Å². The van der Waals surface area contributed by atoms with Gasteiger partial charge in [-0.2, -0.15) is 0 Å². The molecule has 10 nitrogen and oxygen atoms in total. The molecule has 0 radical (unpaired) electrons. The SMILES string of the molecule is COC(=O)N[C@H](C(=O)N1CCC[C@H]1C1=NCC(c2csc3c(-c4ccc(-c5cnc([C@@H]6CCCN6)[nH]5)cc4)csc23)N1)C(C)C. The van der Waals surface area contributed by atoms with Gasteiger partial charge in [-0.05, 0) is 54.7 Å². The van der Waals surface area contributed by atoms with Crippen molar-refractivity contribution >= 4 is 49.9 Å². The molecule has 1 aromatic carbocycles. The van der Waals surface area contributed by atoms with Gasteiger partial charge < -0.3 is 30.6 Å². The Labute approximate surface area is 270 Å². The van der Waals surface area contributed by atoms with Crippen LogP contribution in [0.4, 0.5) is 4.79 Å². The Morgan fingerprint density at radius 2 is 1.84 bits per heavy atom. The van der Waals surface area contributed by atoms with Crippen molar-refractivity contribution in [3.63, 3.8) is 0 Å². The highest BCUT2D eigenvalue weighted by molar-refractivity contribution is 7.27. The lowest BCUT2D eigenvalue weighted by Crippen LogP contribution is -2.54. The number of amidine groups is 1. The minimum Gasteiger partial charge on any atom is -0.453 e. The van der Waals surface area contributed by atoms with Crippen molar-refractivity contribution in [1.29, 1.82) is 0 Å². The first-order chi connectivity index (χ1) is 21.9. The van der Waals surface area contributed by atoms with Gasteiger partial charge in [0, 0.05) is 23.1 Å². The Kier molecular flexibility index (Phi) is 8.36. The number of rotatable bonds is 8. The molecule has 4 N–H and O–H groups in total. The van der Waals surface area contributed by atoms with Crippen LogP contribution in [0.5, 0.6) is 0 Å².